The maximum Gasteiger partial charge on any atom is 0.410 e. The number of carbonyl (C=O) groups excluding carboxylic acids is 2. The Hall–Kier alpha value is -2.31. The van der Waals surface area contributed by atoms with E-state index in [1.807, 2.05) is 20.8 Å². The number of nitrogens with two attached hydrogens (primary N) is 1. The van der Waals surface area contributed by atoms with Gasteiger partial charge in [0, 0.05) is 32.0 Å². The molecule has 0 radical (unpaired) electrons. The van der Waals surface area contributed by atoms with Gasteiger partial charge in [0.25, 0.3) is 5.91 Å². The van der Waals surface area contributed by atoms with Crippen LogP contribution in [0.4, 0.5) is 10.5 Å². The summed E-state index contributed by atoms with van der Waals surface area (Å²) < 4.78 is 5.44. The average Bonchev–Trinajstić information content (AvgIpc) is 2.52. The molecule has 1 aromatic heterocycles. The zero-order valence-electron chi connectivity index (χ0n) is 14.5. The Labute approximate surface area is 142 Å². The zero-order valence-corrected chi connectivity index (χ0v) is 14.5. The monoisotopic (exact) mass is 334 g/mol. The van der Waals surface area contributed by atoms with Crippen LogP contribution in [-0.4, -0.2) is 47.1 Å². The highest BCUT2D eigenvalue weighted by Crippen LogP contribution is 2.21. The first-order chi connectivity index (χ1) is 11.3. The van der Waals surface area contributed by atoms with Crippen LogP contribution in [-0.2, 0) is 4.74 Å². The van der Waals surface area contributed by atoms with E-state index in [2.05, 4.69) is 10.3 Å². The smallest absolute Gasteiger partial charge is 0.410 e. The number of piperidine rings is 1. The summed E-state index contributed by atoms with van der Waals surface area (Å²) in [4.78, 5) is 29.3. The zero-order chi connectivity index (χ0) is 17.7. The second-order valence-electron chi connectivity index (χ2n) is 7.10. The van der Waals surface area contributed by atoms with Gasteiger partial charge in [0.1, 0.15) is 5.60 Å². The molecule has 2 amide bonds. The van der Waals surface area contributed by atoms with Crippen LogP contribution in [0.2, 0.25) is 0 Å². The van der Waals surface area contributed by atoms with E-state index < -0.39 is 11.5 Å². The number of aromatic nitrogens is 1. The first-order valence-electron chi connectivity index (χ1n) is 8.22. The predicted octanol–water partition coefficient (Wildman–Crippen LogP) is 2.24. The van der Waals surface area contributed by atoms with Gasteiger partial charge in [-0.3, -0.25) is 9.78 Å². The van der Waals surface area contributed by atoms with Gasteiger partial charge in [0.15, 0.2) is 0 Å². The fraction of sp³-hybridized carbons (Fsp3) is 0.588. The van der Waals surface area contributed by atoms with Crippen molar-refractivity contribution >= 4 is 17.7 Å². The van der Waals surface area contributed by atoms with Crippen LogP contribution in [0, 0.1) is 5.92 Å². The predicted molar refractivity (Wildman–Crippen MR) is 91.8 cm³/mol. The lowest BCUT2D eigenvalue weighted by molar-refractivity contribution is 0.0172. The van der Waals surface area contributed by atoms with Crippen molar-refractivity contribution in [3.63, 3.8) is 0 Å². The number of amides is 2. The lowest BCUT2D eigenvalue weighted by Gasteiger charge is -2.34. The molecule has 7 heteroatoms. The van der Waals surface area contributed by atoms with Crippen LogP contribution >= 0.6 is 0 Å². The van der Waals surface area contributed by atoms with E-state index in [1.165, 1.54) is 6.20 Å². The normalized spacial score (nSPS) is 18.1. The number of carbonyl (C=O) groups is 2. The van der Waals surface area contributed by atoms with Crippen LogP contribution < -0.4 is 11.1 Å². The Morgan fingerprint density at radius 3 is 2.88 bits per heavy atom. The Bertz CT molecular complexity index is 598. The molecule has 0 aromatic carbocycles. The van der Waals surface area contributed by atoms with E-state index in [0.29, 0.717) is 36.8 Å². The van der Waals surface area contributed by atoms with Crippen LogP contribution in [0.25, 0.3) is 0 Å². The number of likely N-dealkylation sites (tertiary alicyclic amines) is 1. The second kappa shape index (κ2) is 7.51. The Kier molecular flexibility index (Phi) is 5.64. The Morgan fingerprint density at radius 2 is 2.21 bits per heavy atom. The van der Waals surface area contributed by atoms with E-state index in [-0.39, 0.29) is 6.09 Å². The Morgan fingerprint density at radius 1 is 1.46 bits per heavy atom. The summed E-state index contributed by atoms with van der Waals surface area (Å²) in [7, 11) is 0. The van der Waals surface area contributed by atoms with Gasteiger partial charge in [0.05, 0.1) is 11.3 Å². The summed E-state index contributed by atoms with van der Waals surface area (Å²) in [5, 5.41) is 3.25. The number of ether oxygens (including phenoxy) is 1. The molecule has 1 aliphatic rings. The number of nitrogens with zero attached hydrogens (tertiary/aromatic N) is 2. The van der Waals surface area contributed by atoms with Gasteiger partial charge in [-0.15, -0.1) is 0 Å². The molecule has 0 aliphatic carbocycles. The van der Waals surface area contributed by atoms with Crippen molar-refractivity contribution in [1.29, 1.82) is 0 Å². The maximum atomic E-state index is 12.2. The van der Waals surface area contributed by atoms with Crippen molar-refractivity contribution in [3.05, 3.63) is 24.0 Å². The third-order valence-electron chi connectivity index (χ3n) is 3.84. The molecule has 1 fully saturated rings. The highest BCUT2D eigenvalue weighted by molar-refractivity contribution is 5.98. The lowest BCUT2D eigenvalue weighted by atomic mass is 9.98. The molecule has 2 rings (SSSR count). The van der Waals surface area contributed by atoms with Crippen LogP contribution in [0.1, 0.15) is 44.0 Å². The number of nitrogens with one attached hydrogen (secondary N) is 1. The Balaban J connectivity index is 1.92. The quantitative estimate of drug-likeness (QED) is 0.880. The molecule has 1 saturated heterocycles. The number of anilines is 1. The molecule has 24 heavy (non-hydrogen) atoms. The molecule has 7 nitrogen and oxygen atoms in total. The molecule has 2 heterocycles. The summed E-state index contributed by atoms with van der Waals surface area (Å²) >= 11 is 0. The highest BCUT2D eigenvalue weighted by Gasteiger charge is 2.27. The maximum absolute atomic E-state index is 12.2. The van der Waals surface area contributed by atoms with E-state index >= 15 is 0 Å². The molecule has 1 unspecified atom stereocenters. The standard InChI is InChI=1S/C17H26N4O3/c1-17(2,3)24-16(23)21-8-4-5-12(11-21)9-20-14-6-7-19-10-13(14)15(18)22/h6-7,10,12H,4-5,8-9,11H2,1-3H3,(H2,18,22)(H,19,20). The van der Waals surface area contributed by atoms with E-state index in [4.69, 9.17) is 10.5 Å². The largest absolute Gasteiger partial charge is 0.444 e. The van der Waals surface area contributed by atoms with Gasteiger partial charge in [-0.05, 0) is 45.6 Å². The molecule has 132 valence electrons. The molecule has 0 saturated carbocycles. The summed E-state index contributed by atoms with van der Waals surface area (Å²) in [5.41, 5.74) is 5.91. The second-order valence-corrected chi connectivity index (χ2v) is 7.10. The fourth-order valence-corrected chi connectivity index (χ4v) is 2.72. The van der Waals surface area contributed by atoms with Crippen LogP contribution in [0.3, 0.4) is 0 Å². The number of hydrogen-bond donors (Lipinski definition) is 2. The number of pyridine rings is 1. The van der Waals surface area contributed by atoms with Crippen LogP contribution in [0.15, 0.2) is 18.5 Å². The van der Waals surface area contributed by atoms with E-state index in [1.54, 1.807) is 17.2 Å². The molecular weight excluding hydrogens is 308 g/mol. The van der Waals surface area contributed by atoms with E-state index in [0.717, 1.165) is 12.8 Å². The number of primary amides is 1. The van der Waals surface area contributed by atoms with Crippen molar-refractivity contribution in [2.24, 2.45) is 11.7 Å². The molecule has 0 bridgehead atoms. The third kappa shape index (κ3) is 5.11. The molecule has 1 aromatic rings. The van der Waals surface area contributed by atoms with Crippen LogP contribution in [0.5, 0.6) is 0 Å². The van der Waals surface area contributed by atoms with Gasteiger partial charge in [-0.1, -0.05) is 0 Å². The topological polar surface area (TPSA) is 97.6 Å². The first-order valence-corrected chi connectivity index (χ1v) is 8.22. The lowest BCUT2D eigenvalue weighted by Crippen LogP contribution is -2.44. The molecule has 3 N–H and O–H groups in total. The molecule has 0 spiro atoms. The van der Waals surface area contributed by atoms with Crippen molar-refractivity contribution in [2.45, 2.75) is 39.2 Å². The van der Waals surface area contributed by atoms with Gasteiger partial charge >= 0.3 is 6.09 Å². The molecular formula is C17H26N4O3. The molecule has 1 atom stereocenters. The van der Waals surface area contributed by atoms with Gasteiger partial charge in [0.2, 0.25) is 0 Å². The minimum absolute atomic E-state index is 0.270. The van der Waals surface area contributed by atoms with Gasteiger partial charge in [-0.2, -0.15) is 0 Å². The highest BCUT2D eigenvalue weighted by atomic mass is 16.6. The number of hydrogen-bond acceptors (Lipinski definition) is 5. The summed E-state index contributed by atoms with van der Waals surface area (Å²) in [6.45, 7) is 7.60. The minimum atomic E-state index is -0.510. The van der Waals surface area contributed by atoms with Crippen molar-refractivity contribution < 1.29 is 14.3 Å². The third-order valence-corrected chi connectivity index (χ3v) is 3.84. The summed E-state index contributed by atoms with van der Waals surface area (Å²) in [6, 6.07) is 1.73. The SMILES string of the molecule is CC(C)(C)OC(=O)N1CCCC(CNc2ccncc2C(N)=O)C1. The van der Waals surface area contributed by atoms with Gasteiger partial charge in [-0.25, -0.2) is 4.79 Å². The van der Waals surface area contributed by atoms with E-state index in [9.17, 15) is 9.59 Å². The summed E-state index contributed by atoms with van der Waals surface area (Å²) in [5.74, 6) is -0.218. The number of rotatable bonds is 4. The summed E-state index contributed by atoms with van der Waals surface area (Å²) in [6.07, 6.45) is 4.75. The van der Waals surface area contributed by atoms with Gasteiger partial charge < -0.3 is 20.7 Å². The minimum Gasteiger partial charge on any atom is -0.444 e. The van der Waals surface area contributed by atoms with Crippen molar-refractivity contribution in [3.8, 4) is 0 Å². The van der Waals surface area contributed by atoms with Crippen molar-refractivity contribution in [2.75, 3.05) is 25.0 Å². The van der Waals surface area contributed by atoms with Crippen molar-refractivity contribution in [1.82, 2.24) is 9.88 Å². The first kappa shape index (κ1) is 18.0. The molecule has 1 aliphatic heterocycles. The average molecular weight is 334 g/mol. The fourth-order valence-electron chi connectivity index (χ4n) is 2.72.